The van der Waals surface area contributed by atoms with Crippen LogP contribution in [0, 0.1) is 0 Å². The Morgan fingerprint density at radius 3 is 1.85 bits per heavy atom. The highest BCUT2D eigenvalue weighted by Gasteiger charge is 2.22. The third-order valence-corrected chi connectivity index (χ3v) is 13.9. The summed E-state index contributed by atoms with van der Waals surface area (Å²) in [5.74, 6) is 0. The number of benzene rings is 8. The summed E-state index contributed by atoms with van der Waals surface area (Å²) >= 11 is 5.54. The number of thiophene rings is 2. The molecular formula is C49H30N2S3. The lowest BCUT2D eigenvalue weighted by atomic mass is 10.00. The molecule has 0 aliphatic carbocycles. The standard InChI is InChI=1S/C49H30N2S3/c1-3-13-31(14-4-1)35-17-7-9-22-41(35)51(34-27-25-32(26-28-34)36-19-11-20-38-37-18-8-10-24-43(37)52-46(36)38)42-23-12-21-39-45-44(53-47(39)42)30-29-40-48(45)54-49(50-40)33-15-5-2-6-16-33/h1-30H. The first-order chi connectivity index (χ1) is 26.8. The Morgan fingerprint density at radius 2 is 1.00 bits per heavy atom. The SMILES string of the molecule is c1ccc(-c2nc3ccc4sc5c(N(c6ccc(-c7cccc8c7sc7ccccc78)cc6)c6ccccc6-c6ccccc6)cccc5c4c3s2)cc1. The topological polar surface area (TPSA) is 16.1 Å². The summed E-state index contributed by atoms with van der Waals surface area (Å²) in [4.78, 5) is 7.56. The van der Waals surface area contributed by atoms with E-state index in [9.17, 15) is 0 Å². The fraction of sp³-hybridized carbons (Fsp3) is 0. The highest BCUT2D eigenvalue weighted by atomic mass is 32.1. The number of para-hydroxylation sites is 1. The third kappa shape index (κ3) is 5.08. The van der Waals surface area contributed by atoms with Gasteiger partial charge in [-0.15, -0.1) is 34.0 Å². The quantitative estimate of drug-likeness (QED) is 0.169. The molecule has 0 bridgehead atoms. The summed E-state index contributed by atoms with van der Waals surface area (Å²) in [5.41, 5.74) is 10.5. The maximum atomic E-state index is 5.10. The lowest BCUT2D eigenvalue weighted by Gasteiger charge is -2.28. The molecular weight excluding hydrogens is 713 g/mol. The van der Waals surface area contributed by atoms with Gasteiger partial charge in [-0.3, -0.25) is 0 Å². The van der Waals surface area contributed by atoms with Crippen molar-refractivity contribution in [3.05, 3.63) is 182 Å². The van der Waals surface area contributed by atoms with Gasteiger partial charge >= 0.3 is 0 Å². The van der Waals surface area contributed by atoms with E-state index in [-0.39, 0.29) is 0 Å². The molecule has 0 aliphatic heterocycles. The van der Waals surface area contributed by atoms with E-state index in [0.29, 0.717) is 0 Å². The average Bonchev–Trinajstić information content (AvgIpc) is 3.96. The Balaban J connectivity index is 1.11. The first-order valence-electron chi connectivity index (χ1n) is 18.0. The summed E-state index contributed by atoms with van der Waals surface area (Å²) in [6.45, 7) is 0. The molecule has 0 radical (unpaired) electrons. The predicted octanol–water partition coefficient (Wildman–Crippen LogP) is 15.5. The van der Waals surface area contributed by atoms with Gasteiger partial charge in [-0.2, -0.15) is 0 Å². The number of aromatic nitrogens is 1. The lowest BCUT2D eigenvalue weighted by molar-refractivity contribution is 1.30. The van der Waals surface area contributed by atoms with Gasteiger partial charge in [0.1, 0.15) is 5.01 Å². The van der Waals surface area contributed by atoms with Crippen molar-refractivity contribution in [3.8, 4) is 32.8 Å². The van der Waals surface area contributed by atoms with Crippen molar-refractivity contribution in [2.24, 2.45) is 0 Å². The van der Waals surface area contributed by atoms with Gasteiger partial charge in [0, 0.05) is 52.5 Å². The molecule has 0 amide bonds. The van der Waals surface area contributed by atoms with Crippen LogP contribution in [-0.2, 0) is 0 Å². The molecule has 3 aromatic heterocycles. The number of thiazole rings is 1. The molecule has 254 valence electrons. The number of hydrogen-bond acceptors (Lipinski definition) is 5. The summed E-state index contributed by atoms with van der Waals surface area (Å²) in [7, 11) is 0. The molecule has 8 aromatic carbocycles. The summed E-state index contributed by atoms with van der Waals surface area (Å²) in [6.07, 6.45) is 0. The van der Waals surface area contributed by atoms with E-state index < -0.39 is 0 Å². The Labute approximate surface area is 324 Å². The molecule has 11 aromatic rings. The number of anilines is 3. The number of rotatable bonds is 6. The second kappa shape index (κ2) is 12.8. The Hall–Kier alpha value is -6.11. The molecule has 3 heterocycles. The maximum absolute atomic E-state index is 5.10. The van der Waals surface area contributed by atoms with Gasteiger partial charge in [0.25, 0.3) is 0 Å². The first-order valence-corrected chi connectivity index (χ1v) is 20.5. The van der Waals surface area contributed by atoms with E-state index in [1.54, 1.807) is 11.3 Å². The van der Waals surface area contributed by atoms with E-state index in [4.69, 9.17) is 4.98 Å². The van der Waals surface area contributed by atoms with Gasteiger partial charge < -0.3 is 4.90 Å². The van der Waals surface area contributed by atoms with Crippen LogP contribution in [0.25, 0.3) is 83.4 Å². The molecule has 0 spiro atoms. The number of hydrogen-bond donors (Lipinski definition) is 0. The lowest BCUT2D eigenvalue weighted by Crippen LogP contribution is -2.11. The van der Waals surface area contributed by atoms with E-state index in [2.05, 4.69) is 187 Å². The second-order valence-corrected chi connectivity index (χ2v) is 16.6. The van der Waals surface area contributed by atoms with Gasteiger partial charge in [-0.05, 0) is 59.2 Å². The Kier molecular flexibility index (Phi) is 7.44. The van der Waals surface area contributed by atoms with Crippen molar-refractivity contribution in [3.63, 3.8) is 0 Å². The van der Waals surface area contributed by atoms with Crippen molar-refractivity contribution in [2.75, 3.05) is 4.90 Å². The van der Waals surface area contributed by atoms with Gasteiger partial charge in [-0.1, -0.05) is 140 Å². The van der Waals surface area contributed by atoms with Crippen LogP contribution in [0.3, 0.4) is 0 Å². The Morgan fingerprint density at radius 1 is 0.370 bits per heavy atom. The van der Waals surface area contributed by atoms with Gasteiger partial charge in [0.05, 0.1) is 26.3 Å². The molecule has 0 aliphatic rings. The third-order valence-electron chi connectivity index (χ3n) is 10.3. The summed E-state index contributed by atoms with van der Waals surface area (Å²) in [5, 5.41) is 6.24. The summed E-state index contributed by atoms with van der Waals surface area (Å²) < 4.78 is 6.43. The second-order valence-electron chi connectivity index (χ2n) is 13.5. The van der Waals surface area contributed by atoms with Gasteiger partial charge in [0.2, 0.25) is 0 Å². The molecule has 0 atom stereocenters. The zero-order chi connectivity index (χ0) is 35.6. The molecule has 0 N–H and O–H groups in total. The molecule has 0 unspecified atom stereocenters. The fourth-order valence-electron chi connectivity index (χ4n) is 7.84. The van der Waals surface area contributed by atoms with Crippen LogP contribution in [-0.4, -0.2) is 4.98 Å². The van der Waals surface area contributed by atoms with Gasteiger partial charge in [-0.25, -0.2) is 4.98 Å². The maximum Gasteiger partial charge on any atom is 0.124 e. The fourth-order valence-corrected chi connectivity index (χ4v) is 11.5. The average molecular weight is 743 g/mol. The van der Waals surface area contributed by atoms with E-state index in [0.717, 1.165) is 33.1 Å². The first kappa shape index (κ1) is 31.4. The zero-order valence-corrected chi connectivity index (χ0v) is 31.4. The zero-order valence-electron chi connectivity index (χ0n) is 28.9. The molecule has 0 saturated heterocycles. The minimum atomic E-state index is 1.05. The van der Waals surface area contributed by atoms with Crippen LogP contribution in [0.1, 0.15) is 0 Å². The van der Waals surface area contributed by atoms with Crippen LogP contribution in [0.15, 0.2) is 182 Å². The highest BCUT2D eigenvalue weighted by Crippen LogP contribution is 2.50. The molecule has 0 fully saturated rings. The largest absolute Gasteiger partial charge is 0.308 e. The summed E-state index contributed by atoms with van der Waals surface area (Å²) in [6, 6.07) is 65.9. The smallest absolute Gasteiger partial charge is 0.124 e. The van der Waals surface area contributed by atoms with Gasteiger partial charge in [0.15, 0.2) is 0 Å². The van der Waals surface area contributed by atoms with E-state index in [1.165, 1.54) is 67.3 Å². The number of fused-ring (bicyclic) bond motifs is 8. The normalized spacial score (nSPS) is 11.7. The van der Waals surface area contributed by atoms with E-state index in [1.807, 2.05) is 22.7 Å². The van der Waals surface area contributed by atoms with Crippen molar-refractivity contribution in [1.82, 2.24) is 4.98 Å². The van der Waals surface area contributed by atoms with Crippen LogP contribution < -0.4 is 4.90 Å². The monoisotopic (exact) mass is 742 g/mol. The molecule has 5 heteroatoms. The van der Waals surface area contributed by atoms with Crippen molar-refractivity contribution in [1.29, 1.82) is 0 Å². The molecule has 54 heavy (non-hydrogen) atoms. The highest BCUT2D eigenvalue weighted by molar-refractivity contribution is 7.28. The van der Waals surface area contributed by atoms with Crippen LogP contribution in [0.2, 0.25) is 0 Å². The molecule has 11 rings (SSSR count). The minimum absolute atomic E-state index is 1.05. The van der Waals surface area contributed by atoms with E-state index >= 15 is 0 Å². The van der Waals surface area contributed by atoms with Crippen LogP contribution in [0.4, 0.5) is 17.1 Å². The van der Waals surface area contributed by atoms with Crippen LogP contribution >= 0.6 is 34.0 Å². The van der Waals surface area contributed by atoms with Crippen molar-refractivity contribution < 1.29 is 0 Å². The predicted molar refractivity (Wildman–Crippen MR) is 236 cm³/mol. The molecule has 2 nitrogen and oxygen atoms in total. The van der Waals surface area contributed by atoms with Crippen LogP contribution in [0.5, 0.6) is 0 Å². The Bertz CT molecular complexity index is 3160. The minimum Gasteiger partial charge on any atom is -0.308 e. The molecule has 0 saturated carbocycles. The van der Waals surface area contributed by atoms with Crippen molar-refractivity contribution in [2.45, 2.75) is 0 Å². The van der Waals surface area contributed by atoms with Crippen molar-refractivity contribution >= 4 is 102 Å². The number of nitrogens with zero attached hydrogens (tertiary/aromatic N) is 2.